The molecule has 1 N–H and O–H groups in total. The number of nitrogens with zero attached hydrogens (tertiary/aromatic N) is 4. The topological polar surface area (TPSA) is 72.7 Å². The summed E-state index contributed by atoms with van der Waals surface area (Å²) in [6.07, 6.45) is 0. The summed E-state index contributed by atoms with van der Waals surface area (Å²) in [4.78, 5) is 12.4. The zero-order chi connectivity index (χ0) is 20.1. The molecule has 2 aromatic carbocycles. The number of carbonyl (C=O) groups is 1. The van der Waals surface area contributed by atoms with Gasteiger partial charge in [0.05, 0.1) is 10.9 Å². The van der Waals surface area contributed by atoms with Gasteiger partial charge in [-0.05, 0) is 58.7 Å². The molecule has 1 heterocycles. The molecule has 0 aliphatic carbocycles. The first-order valence-corrected chi connectivity index (χ1v) is 9.89. The summed E-state index contributed by atoms with van der Waals surface area (Å²) in [6.45, 7) is 6.41. The number of carbonyl (C=O) groups excluding carboxylic acids is 1. The molecule has 0 radical (unpaired) electrons. The van der Waals surface area contributed by atoms with Crippen LogP contribution in [0.5, 0.6) is 0 Å². The van der Waals surface area contributed by atoms with Gasteiger partial charge in [-0.3, -0.25) is 4.79 Å². The highest BCUT2D eigenvalue weighted by atomic mass is 32.2. The van der Waals surface area contributed by atoms with Gasteiger partial charge in [0, 0.05) is 6.54 Å². The number of hydrogen-bond acceptors (Lipinski definition) is 5. The molecule has 0 aliphatic rings. The highest BCUT2D eigenvalue weighted by molar-refractivity contribution is 8.00. The van der Waals surface area contributed by atoms with Crippen molar-refractivity contribution in [2.75, 3.05) is 0 Å². The van der Waals surface area contributed by atoms with Gasteiger partial charge in [-0.25, -0.2) is 4.39 Å². The second-order valence-electron chi connectivity index (χ2n) is 6.72. The molecule has 3 rings (SSSR count). The van der Waals surface area contributed by atoms with E-state index in [2.05, 4.69) is 46.8 Å². The van der Waals surface area contributed by atoms with Crippen LogP contribution in [0.3, 0.4) is 0 Å². The van der Waals surface area contributed by atoms with E-state index in [0.717, 1.165) is 11.3 Å². The second kappa shape index (κ2) is 8.97. The number of hydrogen-bond donors (Lipinski definition) is 1. The number of benzene rings is 2. The Morgan fingerprint density at radius 1 is 1.11 bits per heavy atom. The van der Waals surface area contributed by atoms with E-state index >= 15 is 0 Å². The van der Waals surface area contributed by atoms with Crippen LogP contribution >= 0.6 is 11.8 Å². The first kappa shape index (κ1) is 20.0. The zero-order valence-electron chi connectivity index (χ0n) is 16.0. The van der Waals surface area contributed by atoms with Gasteiger partial charge in [-0.15, -0.1) is 5.10 Å². The van der Waals surface area contributed by atoms with Crippen LogP contribution in [0.15, 0.2) is 53.7 Å². The average molecular weight is 399 g/mol. The standard InChI is InChI=1S/C20H22FN5OS/c1-13(2)16-6-10-18(11-7-16)26-20(23-24-25-26)28-14(3)19(27)22-12-15-4-8-17(21)9-5-15/h4-11,13-14H,12H2,1-3H3,(H,22,27)/t14-/m1/s1. The molecular weight excluding hydrogens is 377 g/mol. The lowest BCUT2D eigenvalue weighted by molar-refractivity contribution is -0.120. The number of tetrazole rings is 1. The van der Waals surface area contributed by atoms with Crippen LogP contribution < -0.4 is 5.32 Å². The molecule has 0 bridgehead atoms. The Kier molecular flexibility index (Phi) is 6.41. The van der Waals surface area contributed by atoms with Crippen LogP contribution in [0.1, 0.15) is 37.8 Å². The third kappa shape index (κ3) is 4.95. The Bertz CT molecular complexity index is 925. The van der Waals surface area contributed by atoms with Crippen molar-refractivity contribution in [3.8, 4) is 5.69 Å². The van der Waals surface area contributed by atoms with Crippen molar-refractivity contribution in [1.82, 2.24) is 25.5 Å². The molecule has 1 atom stereocenters. The first-order valence-electron chi connectivity index (χ1n) is 9.01. The quantitative estimate of drug-likeness (QED) is 0.613. The van der Waals surface area contributed by atoms with Gasteiger partial charge in [0.15, 0.2) is 0 Å². The number of halogens is 1. The lowest BCUT2D eigenvalue weighted by atomic mass is 10.0. The Labute approximate surface area is 167 Å². The number of aromatic nitrogens is 4. The minimum Gasteiger partial charge on any atom is -0.351 e. The first-order chi connectivity index (χ1) is 13.4. The molecule has 0 unspecified atom stereocenters. The maximum absolute atomic E-state index is 13.0. The third-order valence-corrected chi connectivity index (χ3v) is 5.31. The van der Waals surface area contributed by atoms with Crippen LogP contribution in [0.25, 0.3) is 5.69 Å². The molecule has 1 amide bonds. The average Bonchev–Trinajstić information content (AvgIpc) is 3.15. The van der Waals surface area contributed by atoms with Crippen LogP contribution in [-0.4, -0.2) is 31.4 Å². The summed E-state index contributed by atoms with van der Waals surface area (Å²) < 4.78 is 14.6. The van der Waals surface area contributed by atoms with Gasteiger partial charge < -0.3 is 5.32 Å². The van der Waals surface area contributed by atoms with Crippen LogP contribution in [0, 0.1) is 5.82 Å². The molecule has 6 nitrogen and oxygen atoms in total. The molecule has 28 heavy (non-hydrogen) atoms. The smallest absolute Gasteiger partial charge is 0.233 e. The predicted octanol–water partition coefficient (Wildman–Crippen LogP) is 3.72. The van der Waals surface area contributed by atoms with E-state index in [1.165, 1.54) is 29.5 Å². The number of rotatable bonds is 7. The summed E-state index contributed by atoms with van der Waals surface area (Å²) in [5.74, 6) is 0.00730. The summed E-state index contributed by atoms with van der Waals surface area (Å²) in [7, 11) is 0. The fraction of sp³-hybridized carbons (Fsp3) is 0.300. The third-order valence-electron chi connectivity index (χ3n) is 4.28. The monoisotopic (exact) mass is 399 g/mol. The lowest BCUT2D eigenvalue weighted by Gasteiger charge is -2.12. The highest BCUT2D eigenvalue weighted by Crippen LogP contribution is 2.24. The molecule has 0 spiro atoms. The van der Waals surface area contributed by atoms with E-state index in [9.17, 15) is 9.18 Å². The van der Waals surface area contributed by atoms with E-state index in [1.54, 1.807) is 23.7 Å². The SMILES string of the molecule is CC(C)c1ccc(-n2nnnc2S[C@H](C)C(=O)NCc2ccc(F)cc2)cc1. The van der Waals surface area contributed by atoms with E-state index in [0.29, 0.717) is 17.6 Å². The Morgan fingerprint density at radius 2 is 1.79 bits per heavy atom. The molecule has 146 valence electrons. The highest BCUT2D eigenvalue weighted by Gasteiger charge is 2.19. The van der Waals surface area contributed by atoms with E-state index in [4.69, 9.17) is 0 Å². The molecule has 1 aromatic heterocycles. The Balaban J connectivity index is 1.62. The van der Waals surface area contributed by atoms with Crippen LogP contribution in [0.4, 0.5) is 4.39 Å². The number of nitrogens with one attached hydrogen (secondary N) is 1. The van der Waals surface area contributed by atoms with Crippen molar-refractivity contribution >= 4 is 17.7 Å². The van der Waals surface area contributed by atoms with Gasteiger partial charge in [-0.1, -0.05) is 49.9 Å². The largest absolute Gasteiger partial charge is 0.351 e. The summed E-state index contributed by atoms with van der Waals surface area (Å²) in [5, 5.41) is 14.8. The van der Waals surface area contributed by atoms with Crippen molar-refractivity contribution in [2.45, 2.75) is 43.6 Å². The molecule has 3 aromatic rings. The minimum atomic E-state index is -0.389. The fourth-order valence-corrected chi connectivity index (χ4v) is 3.39. The predicted molar refractivity (Wildman–Crippen MR) is 107 cm³/mol. The van der Waals surface area contributed by atoms with Gasteiger partial charge in [0.1, 0.15) is 5.82 Å². The van der Waals surface area contributed by atoms with Gasteiger partial charge in [0.25, 0.3) is 0 Å². The molecule has 0 saturated heterocycles. The van der Waals surface area contributed by atoms with Crippen molar-refractivity contribution in [3.05, 3.63) is 65.5 Å². The van der Waals surface area contributed by atoms with Crippen molar-refractivity contribution in [1.29, 1.82) is 0 Å². The van der Waals surface area contributed by atoms with Gasteiger partial charge in [-0.2, -0.15) is 4.68 Å². The number of thioether (sulfide) groups is 1. The van der Waals surface area contributed by atoms with Gasteiger partial charge >= 0.3 is 0 Å². The van der Waals surface area contributed by atoms with Crippen LogP contribution in [-0.2, 0) is 11.3 Å². The molecule has 8 heteroatoms. The summed E-state index contributed by atoms with van der Waals surface area (Å²) in [6, 6.07) is 14.1. The van der Waals surface area contributed by atoms with E-state index < -0.39 is 0 Å². The lowest BCUT2D eigenvalue weighted by Crippen LogP contribution is -2.30. The van der Waals surface area contributed by atoms with E-state index in [1.807, 2.05) is 12.1 Å². The maximum atomic E-state index is 13.0. The van der Waals surface area contributed by atoms with Crippen molar-refractivity contribution in [2.24, 2.45) is 0 Å². The Morgan fingerprint density at radius 3 is 2.43 bits per heavy atom. The summed E-state index contributed by atoms with van der Waals surface area (Å²) in [5.41, 5.74) is 2.91. The maximum Gasteiger partial charge on any atom is 0.233 e. The minimum absolute atomic E-state index is 0.140. The fourth-order valence-electron chi connectivity index (χ4n) is 2.56. The second-order valence-corrected chi connectivity index (χ2v) is 8.03. The van der Waals surface area contributed by atoms with Gasteiger partial charge in [0.2, 0.25) is 11.1 Å². The van der Waals surface area contributed by atoms with E-state index in [-0.39, 0.29) is 17.0 Å². The summed E-state index contributed by atoms with van der Waals surface area (Å²) >= 11 is 1.28. The molecule has 0 aliphatic heterocycles. The molecular formula is C20H22FN5OS. The normalized spacial score (nSPS) is 12.2. The molecule has 0 fully saturated rings. The van der Waals surface area contributed by atoms with Crippen molar-refractivity contribution in [3.63, 3.8) is 0 Å². The molecule has 0 saturated carbocycles. The Hall–Kier alpha value is -2.74. The number of amides is 1. The zero-order valence-corrected chi connectivity index (χ0v) is 16.8. The van der Waals surface area contributed by atoms with Crippen molar-refractivity contribution < 1.29 is 9.18 Å². The van der Waals surface area contributed by atoms with Crippen LogP contribution in [0.2, 0.25) is 0 Å².